The molecule has 24 heavy (non-hydrogen) atoms. The number of aryl methyl sites for hydroxylation is 2. The molecule has 0 spiro atoms. The number of carbonyl (C=O) groups is 2. The predicted octanol–water partition coefficient (Wildman–Crippen LogP) is 4.44. The fourth-order valence-electron chi connectivity index (χ4n) is 2.95. The molecular weight excluding hydrogens is 342 g/mol. The first-order chi connectivity index (χ1) is 11.7. The predicted molar refractivity (Wildman–Crippen MR) is 98.2 cm³/mol. The molecule has 1 amide bonds. The van der Waals surface area contributed by atoms with Gasteiger partial charge in [-0.3, -0.25) is 4.79 Å². The molecule has 2 aromatic heterocycles. The van der Waals surface area contributed by atoms with Gasteiger partial charge in [0.25, 0.3) is 0 Å². The Morgan fingerprint density at radius 1 is 1.29 bits per heavy atom. The molecule has 0 saturated heterocycles. The molecule has 3 rings (SSSR count). The van der Waals surface area contributed by atoms with E-state index in [9.17, 15) is 9.59 Å². The van der Waals surface area contributed by atoms with Crippen LogP contribution in [0.3, 0.4) is 0 Å². The summed E-state index contributed by atoms with van der Waals surface area (Å²) in [5, 5.41) is 5.63. The molecule has 0 radical (unpaired) electrons. The van der Waals surface area contributed by atoms with Crippen LogP contribution in [0, 0.1) is 0 Å². The highest BCUT2D eigenvalue weighted by Crippen LogP contribution is 2.38. The lowest BCUT2D eigenvalue weighted by atomic mass is 9.95. The smallest absolute Gasteiger partial charge is 0.341 e. The van der Waals surface area contributed by atoms with Gasteiger partial charge in [0.2, 0.25) is 5.91 Å². The molecule has 0 bridgehead atoms. The van der Waals surface area contributed by atoms with E-state index < -0.39 is 0 Å². The molecule has 0 saturated carbocycles. The lowest BCUT2D eigenvalue weighted by Gasteiger charge is -2.12. The average molecular weight is 364 g/mol. The van der Waals surface area contributed by atoms with Crippen molar-refractivity contribution in [1.82, 2.24) is 0 Å². The minimum atomic E-state index is -0.314. The maximum Gasteiger partial charge on any atom is 0.341 e. The maximum absolute atomic E-state index is 12.4. The zero-order valence-corrected chi connectivity index (χ0v) is 15.4. The molecule has 128 valence electrons. The van der Waals surface area contributed by atoms with Crippen LogP contribution in [0.5, 0.6) is 0 Å². The molecule has 0 unspecified atom stereocenters. The van der Waals surface area contributed by atoms with Gasteiger partial charge in [-0.25, -0.2) is 4.79 Å². The van der Waals surface area contributed by atoms with E-state index in [1.54, 1.807) is 18.3 Å². The van der Waals surface area contributed by atoms with E-state index >= 15 is 0 Å². The molecule has 4 nitrogen and oxygen atoms in total. The third kappa shape index (κ3) is 3.87. The van der Waals surface area contributed by atoms with E-state index in [0.717, 1.165) is 37.7 Å². The van der Waals surface area contributed by atoms with Crippen LogP contribution in [-0.4, -0.2) is 18.5 Å². The van der Waals surface area contributed by atoms with Gasteiger partial charge in [-0.2, -0.15) is 0 Å². The number of anilines is 1. The summed E-state index contributed by atoms with van der Waals surface area (Å²) in [6.07, 6.45) is 5.25. The normalized spacial score (nSPS) is 13.4. The van der Waals surface area contributed by atoms with Crippen LogP contribution in [0.25, 0.3) is 0 Å². The summed E-state index contributed by atoms with van der Waals surface area (Å²) in [6, 6.07) is 4.02. The minimum Gasteiger partial charge on any atom is -0.462 e. The molecular formula is C18H21NO3S2. The van der Waals surface area contributed by atoms with E-state index in [0.29, 0.717) is 23.6 Å². The topological polar surface area (TPSA) is 55.4 Å². The molecule has 1 N–H and O–H groups in total. The van der Waals surface area contributed by atoms with Gasteiger partial charge in [-0.1, -0.05) is 6.07 Å². The summed E-state index contributed by atoms with van der Waals surface area (Å²) in [5.74, 6) is -0.363. The second-order valence-corrected chi connectivity index (χ2v) is 7.90. The number of amides is 1. The van der Waals surface area contributed by atoms with Crippen LogP contribution in [0.15, 0.2) is 17.5 Å². The van der Waals surface area contributed by atoms with Crippen molar-refractivity contribution in [2.75, 3.05) is 11.9 Å². The van der Waals surface area contributed by atoms with Gasteiger partial charge in [0.1, 0.15) is 5.00 Å². The number of esters is 1. The summed E-state index contributed by atoms with van der Waals surface area (Å²) >= 11 is 3.19. The number of carbonyl (C=O) groups excluding carboxylic acids is 2. The van der Waals surface area contributed by atoms with Crippen molar-refractivity contribution in [2.24, 2.45) is 0 Å². The Balaban J connectivity index is 1.75. The second-order valence-electron chi connectivity index (χ2n) is 5.76. The summed E-state index contributed by atoms with van der Waals surface area (Å²) < 4.78 is 5.21. The van der Waals surface area contributed by atoms with Crippen molar-refractivity contribution < 1.29 is 14.3 Å². The Hall–Kier alpha value is -1.66. The van der Waals surface area contributed by atoms with E-state index in [2.05, 4.69) is 5.32 Å². The maximum atomic E-state index is 12.4. The monoisotopic (exact) mass is 363 g/mol. The Kier molecular flexibility index (Phi) is 5.68. The van der Waals surface area contributed by atoms with Crippen LogP contribution in [0.4, 0.5) is 5.00 Å². The van der Waals surface area contributed by atoms with Gasteiger partial charge >= 0.3 is 5.97 Å². The molecule has 2 aromatic rings. The average Bonchev–Trinajstić information content (AvgIpc) is 3.20. The number of thiophene rings is 2. The molecule has 2 heterocycles. The molecule has 0 aromatic carbocycles. The second kappa shape index (κ2) is 7.94. The highest BCUT2D eigenvalue weighted by Gasteiger charge is 2.27. The number of hydrogen-bond donors (Lipinski definition) is 1. The highest BCUT2D eigenvalue weighted by atomic mass is 32.1. The first kappa shape index (κ1) is 17.2. The summed E-state index contributed by atoms with van der Waals surface area (Å²) in [7, 11) is 0. The summed E-state index contributed by atoms with van der Waals surface area (Å²) in [5.41, 5.74) is 1.67. The Labute approximate surface area is 149 Å². The molecule has 0 fully saturated rings. The summed E-state index contributed by atoms with van der Waals surface area (Å²) in [6.45, 7) is 2.14. The zero-order valence-electron chi connectivity index (χ0n) is 13.7. The summed E-state index contributed by atoms with van der Waals surface area (Å²) in [4.78, 5) is 27.1. The lowest BCUT2D eigenvalue weighted by Crippen LogP contribution is -2.15. The molecule has 0 aliphatic heterocycles. The quantitative estimate of drug-likeness (QED) is 0.772. The standard InChI is InChI=1S/C18H21NO3S2/c1-2-22-18(21)16-13-7-3-4-8-14(13)24-17(16)19-15(20)10-9-12-6-5-11-23-12/h5-6,11H,2-4,7-10H2,1H3,(H,19,20). The van der Waals surface area contributed by atoms with E-state index in [-0.39, 0.29) is 11.9 Å². The van der Waals surface area contributed by atoms with Crippen LogP contribution in [0.2, 0.25) is 0 Å². The fourth-order valence-corrected chi connectivity index (χ4v) is 4.96. The van der Waals surface area contributed by atoms with Crippen molar-refractivity contribution in [3.63, 3.8) is 0 Å². The molecule has 6 heteroatoms. The number of hydrogen-bond acceptors (Lipinski definition) is 5. The largest absolute Gasteiger partial charge is 0.462 e. The van der Waals surface area contributed by atoms with E-state index in [1.165, 1.54) is 21.1 Å². The van der Waals surface area contributed by atoms with Gasteiger partial charge in [0.05, 0.1) is 12.2 Å². The zero-order chi connectivity index (χ0) is 16.9. The van der Waals surface area contributed by atoms with Crippen LogP contribution < -0.4 is 5.32 Å². The first-order valence-corrected chi connectivity index (χ1v) is 10.0. The van der Waals surface area contributed by atoms with Crippen LogP contribution >= 0.6 is 22.7 Å². The van der Waals surface area contributed by atoms with E-state index in [4.69, 9.17) is 4.74 Å². The SMILES string of the molecule is CCOC(=O)c1c(NC(=O)CCc2cccs2)sc2c1CCCC2. The fraction of sp³-hybridized carbons (Fsp3) is 0.444. The van der Waals surface area contributed by atoms with Gasteiger partial charge in [0.15, 0.2) is 0 Å². The number of rotatable bonds is 6. The Morgan fingerprint density at radius 3 is 2.88 bits per heavy atom. The Bertz CT molecular complexity index is 719. The van der Waals surface area contributed by atoms with Crippen molar-refractivity contribution >= 4 is 39.6 Å². The molecule has 1 aliphatic carbocycles. The van der Waals surface area contributed by atoms with E-state index in [1.807, 2.05) is 17.5 Å². The number of ether oxygens (including phenoxy) is 1. The third-order valence-electron chi connectivity index (χ3n) is 4.08. The Morgan fingerprint density at radius 2 is 2.12 bits per heavy atom. The third-order valence-corrected chi connectivity index (χ3v) is 6.23. The van der Waals surface area contributed by atoms with Crippen molar-refractivity contribution in [2.45, 2.75) is 45.4 Å². The van der Waals surface area contributed by atoms with Gasteiger partial charge in [0, 0.05) is 16.2 Å². The van der Waals surface area contributed by atoms with Gasteiger partial charge in [-0.05, 0) is 56.0 Å². The van der Waals surface area contributed by atoms with Gasteiger partial charge in [-0.15, -0.1) is 22.7 Å². The lowest BCUT2D eigenvalue weighted by molar-refractivity contribution is -0.116. The molecule has 1 aliphatic rings. The first-order valence-electron chi connectivity index (χ1n) is 8.33. The van der Waals surface area contributed by atoms with Crippen molar-refractivity contribution in [3.8, 4) is 0 Å². The van der Waals surface area contributed by atoms with Crippen LogP contribution in [0.1, 0.15) is 51.9 Å². The minimum absolute atomic E-state index is 0.0486. The number of nitrogens with one attached hydrogen (secondary N) is 1. The highest BCUT2D eigenvalue weighted by molar-refractivity contribution is 7.17. The number of fused-ring (bicyclic) bond motifs is 1. The molecule has 0 atom stereocenters. The van der Waals surface area contributed by atoms with Crippen molar-refractivity contribution in [1.29, 1.82) is 0 Å². The van der Waals surface area contributed by atoms with Gasteiger partial charge < -0.3 is 10.1 Å². The van der Waals surface area contributed by atoms with Crippen molar-refractivity contribution in [3.05, 3.63) is 38.4 Å². The van der Waals surface area contributed by atoms with Crippen LogP contribution in [-0.2, 0) is 28.8 Å².